The molecule has 0 radical (unpaired) electrons. The topological polar surface area (TPSA) is 41.6 Å². The maximum absolute atomic E-state index is 12.1. The average Bonchev–Trinajstić information content (AvgIpc) is 3.20. The first kappa shape index (κ1) is 18.2. The molecule has 2 aromatic carbocycles. The largest absolute Gasteiger partial charge is 0.496 e. The molecule has 1 aliphatic rings. The molecule has 0 spiro atoms. The molecule has 4 nitrogen and oxygen atoms in total. The summed E-state index contributed by atoms with van der Waals surface area (Å²) in [5, 5.41) is 2.90. The van der Waals surface area contributed by atoms with Crippen LogP contribution in [0.2, 0.25) is 0 Å². The summed E-state index contributed by atoms with van der Waals surface area (Å²) < 4.78 is 5.28. The monoisotopic (exact) mass is 350 g/mol. The number of likely N-dealkylation sites (tertiary alicyclic amines) is 1. The van der Waals surface area contributed by atoms with Gasteiger partial charge in [-0.15, -0.1) is 0 Å². The average molecular weight is 350 g/mol. The lowest BCUT2D eigenvalue weighted by atomic mass is 10.1. The molecule has 0 saturated carbocycles. The minimum absolute atomic E-state index is 0.152. The molecule has 1 N–H and O–H groups in total. The Morgan fingerprint density at radius 1 is 1.12 bits per heavy atom. The molecule has 1 fully saturated rings. The molecular formula is C22H26N2O2. The van der Waals surface area contributed by atoms with Gasteiger partial charge in [0.15, 0.2) is 0 Å². The van der Waals surface area contributed by atoms with E-state index in [4.69, 9.17) is 4.74 Å². The number of methoxy groups -OCH3 is 1. The molecule has 1 saturated heterocycles. The van der Waals surface area contributed by atoms with Crippen LogP contribution >= 0.6 is 0 Å². The molecule has 136 valence electrons. The van der Waals surface area contributed by atoms with Crippen LogP contribution in [-0.2, 0) is 11.2 Å². The van der Waals surface area contributed by atoms with E-state index < -0.39 is 0 Å². The number of rotatable bonds is 7. The van der Waals surface area contributed by atoms with E-state index in [9.17, 15) is 4.79 Å². The van der Waals surface area contributed by atoms with Crippen LogP contribution in [0.1, 0.15) is 24.0 Å². The molecule has 0 bridgehead atoms. The summed E-state index contributed by atoms with van der Waals surface area (Å²) in [7, 11) is 1.62. The molecule has 0 atom stereocenters. The lowest BCUT2D eigenvalue weighted by Gasteiger charge is -2.14. The van der Waals surface area contributed by atoms with Gasteiger partial charge in [0.2, 0.25) is 5.91 Å². The molecule has 0 unspecified atom stereocenters. The van der Waals surface area contributed by atoms with Gasteiger partial charge in [-0.25, -0.2) is 0 Å². The van der Waals surface area contributed by atoms with Crippen LogP contribution in [0.3, 0.4) is 0 Å². The first-order valence-electron chi connectivity index (χ1n) is 9.18. The summed E-state index contributed by atoms with van der Waals surface area (Å²) in [4.78, 5) is 14.6. The SMILES string of the molecule is COc1ccccc1C=CC(=O)Nc1ccc(CCN2CCCC2)cc1. The van der Waals surface area contributed by atoms with Crippen LogP contribution in [0, 0.1) is 0 Å². The van der Waals surface area contributed by atoms with Crippen molar-refractivity contribution in [2.24, 2.45) is 0 Å². The fraction of sp³-hybridized carbons (Fsp3) is 0.318. The Morgan fingerprint density at radius 2 is 1.85 bits per heavy atom. The van der Waals surface area contributed by atoms with Crippen molar-refractivity contribution >= 4 is 17.7 Å². The van der Waals surface area contributed by atoms with Gasteiger partial charge in [0.05, 0.1) is 7.11 Å². The standard InChI is InChI=1S/C22H26N2O2/c1-26-21-7-3-2-6-19(21)10-13-22(25)23-20-11-8-18(9-12-20)14-17-24-15-4-5-16-24/h2-3,6-13H,4-5,14-17H2,1H3,(H,23,25). The Balaban J connectivity index is 1.51. The quantitative estimate of drug-likeness (QED) is 0.768. The number of amides is 1. The highest BCUT2D eigenvalue weighted by Gasteiger charge is 2.10. The van der Waals surface area contributed by atoms with E-state index in [0.717, 1.165) is 30.0 Å². The van der Waals surface area contributed by atoms with Gasteiger partial charge >= 0.3 is 0 Å². The molecule has 1 aliphatic heterocycles. The zero-order valence-corrected chi connectivity index (χ0v) is 15.3. The summed E-state index contributed by atoms with van der Waals surface area (Å²) in [6.07, 6.45) is 7.00. The Bertz CT molecular complexity index is 747. The Hall–Kier alpha value is -2.59. The number of ether oxygens (including phenoxy) is 1. The van der Waals surface area contributed by atoms with Crippen molar-refractivity contribution < 1.29 is 9.53 Å². The van der Waals surface area contributed by atoms with Gasteiger partial charge in [0.25, 0.3) is 0 Å². The minimum atomic E-state index is -0.152. The second-order valence-electron chi connectivity index (χ2n) is 6.56. The molecule has 26 heavy (non-hydrogen) atoms. The van der Waals surface area contributed by atoms with E-state index in [-0.39, 0.29) is 5.91 Å². The summed E-state index contributed by atoms with van der Waals surface area (Å²) in [5.74, 6) is 0.597. The maximum atomic E-state index is 12.1. The van der Waals surface area contributed by atoms with Gasteiger partial charge in [-0.1, -0.05) is 30.3 Å². The van der Waals surface area contributed by atoms with Crippen LogP contribution in [0.25, 0.3) is 6.08 Å². The van der Waals surface area contributed by atoms with E-state index in [0.29, 0.717) is 0 Å². The number of benzene rings is 2. The second kappa shape index (κ2) is 9.20. The summed E-state index contributed by atoms with van der Waals surface area (Å²) in [6.45, 7) is 3.58. The number of hydrogen-bond donors (Lipinski definition) is 1. The molecule has 1 amide bonds. The van der Waals surface area contributed by atoms with Crippen molar-refractivity contribution in [1.29, 1.82) is 0 Å². The maximum Gasteiger partial charge on any atom is 0.248 e. The lowest BCUT2D eigenvalue weighted by Crippen LogP contribution is -2.21. The van der Waals surface area contributed by atoms with Gasteiger partial charge in [0, 0.05) is 23.9 Å². The zero-order valence-electron chi connectivity index (χ0n) is 15.3. The van der Waals surface area contributed by atoms with E-state index >= 15 is 0 Å². The van der Waals surface area contributed by atoms with E-state index in [1.807, 2.05) is 36.4 Å². The summed E-state index contributed by atoms with van der Waals surface area (Å²) in [6, 6.07) is 15.7. The summed E-state index contributed by atoms with van der Waals surface area (Å²) >= 11 is 0. The Kier molecular flexibility index (Phi) is 6.45. The predicted molar refractivity (Wildman–Crippen MR) is 106 cm³/mol. The molecule has 4 heteroatoms. The van der Waals surface area contributed by atoms with Crippen LogP contribution in [0.5, 0.6) is 5.75 Å². The van der Waals surface area contributed by atoms with Gasteiger partial charge in [-0.2, -0.15) is 0 Å². The second-order valence-corrected chi connectivity index (χ2v) is 6.56. The van der Waals surface area contributed by atoms with Crippen molar-refractivity contribution in [2.75, 3.05) is 32.1 Å². The third kappa shape index (κ3) is 5.20. The number of carbonyl (C=O) groups is 1. The van der Waals surface area contributed by atoms with E-state index in [2.05, 4.69) is 22.3 Å². The predicted octanol–water partition coefficient (Wildman–Crippen LogP) is 3.99. The van der Waals surface area contributed by atoms with Crippen molar-refractivity contribution in [3.63, 3.8) is 0 Å². The third-order valence-corrected chi connectivity index (χ3v) is 4.69. The lowest BCUT2D eigenvalue weighted by molar-refractivity contribution is -0.111. The van der Waals surface area contributed by atoms with E-state index in [1.54, 1.807) is 13.2 Å². The molecule has 0 aromatic heterocycles. The van der Waals surface area contributed by atoms with Crippen molar-refractivity contribution in [3.8, 4) is 5.75 Å². The highest BCUT2D eigenvalue weighted by molar-refractivity contribution is 6.02. The van der Waals surface area contributed by atoms with Gasteiger partial charge in [-0.3, -0.25) is 4.79 Å². The number of nitrogens with one attached hydrogen (secondary N) is 1. The van der Waals surface area contributed by atoms with Gasteiger partial charge in [0.1, 0.15) is 5.75 Å². The normalized spacial score (nSPS) is 14.7. The smallest absolute Gasteiger partial charge is 0.248 e. The minimum Gasteiger partial charge on any atom is -0.496 e. The fourth-order valence-corrected chi connectivity index (χ4v) is 3.20. The van der Waals surface area contributed by atoms with Crippen molar-refractivity contribution in [3.05, 3.63) is 65.7 Å². The van der Waals surface area contributed by atoms with E-state index in [1.165, 1.54) is 37.6 Å². The molecule has 2 aromatic rings. The number of anilines is 1. The molecule has 0 aliphatic carbocycles. The highest BCUT2D eigenvalue weighted by Crippen LogP contribution is 2.19. The molecule has 3 rings (SSSR count). The first-order chi connectivity index (χ1) is 12.7. The Morgan fingerprint density at radius 3 is 2.58 bits per heavy atom. The number of hydrogen-bond acceptors (Lipinski definition) is 3. The van der Waals surface area contributed by atoms with Crippen LogP contribution < -0.4 is 10.1 Å². The summed E-state index contributed by atoms with van der Waals surface area (Å²) in [5.41, 5.74) is 2.99. The van der Waals surface area contributed by atoms with Gasteiger partial charge in [-0.05, 0) is 62.2 Å². The zero-order chi connectivity index (χ0) is 18.2. The number of nitrogens with zero attached hydrogens (tertiary/aromatic N) is 1. The molecule has 1 heterocycles. The van der Waals surface area contributed by atoms with Crippen molar-refractivity contribution in [2.45, 2.75) is 19.3 Å². The highest BCUT2D eigenvalue weighted by atomic mass is 16.5. The fourth-order valence-electron chi connectivity index (χ4n) is 3.20. The van der Waals surface area contributed by atoms with Crippen molar-refractivity contribution in [1.82, 2.24) is 4.90 Å². The third-order valence-electron chi connectivity index (χ3n) is 4.69. The van der Waals surface area contributed by atoms with Gasteiger partial charge < -0.3 is 15.0 Å². The molecular weight excluding hydrogens is 324 g/mol. The number of carbonyl (C=O) groups excluding carboxylic acids is 1. The van der Waals surface area contributed by atoms with Crippen LogP contribution in [-0.4, -0.2) is 37.6 Å². The number of para-hydroxylation sites is 1. The Labute approximate surface area is 155 Å². The first-order valence-corrected chi connectivity index (χ1v) is 9.18. The van der Waals surface area contributed by atoms with Crippen LogP contribution in [0.15, 0.2) is 54.6 Å². The van der Waals surface area contributed by atoms with Crippen LogP contribution in [0.4, 0.5) is 5.69 Å².